The minimum absolute atomic E-state index is 0.0671. The number of methoxy groups -OCH3 is 1. The van der Waals surface area contributed by atoms with Gasteiger partial charge in [-0.05, 0) is 19.3 Å². The minimum Gasteiger partial charge on any atom is -0.480 e. The zero-order valence-electron chi connectivity index (χ0n) is 10.3. The molecule has 17 heavy (non-hydrogen) atoms. The van der Waals surface area contributed by atoms with Gasteiger partial charge in [-0.15, -0.1) is 0 Å². The Balaban J connectivity index is 2.49. The van der Waals surface area contributed by atoms with Crippen LogP contribution < -0.4 is 5.32 Å². The van der Waals surface area contributed by atoms with Crippen LogP contribution in [0.2, 0.25) is 0 Å². The van der Waals surface area contributed by atoms with Crippen molar-refractivity contribution < 1.29 is 19.4 Å². The van der Waals surface area contributed by atoms with Crippen molar-refractivity contribution in [3.8, 4) is 0 Å². The van der Waals surface area contributed by atoms with E-state index in [4.69, 9.17) is 9.84 Å². The quantitative estimate of drug-likeness (QED) is 0.690. The number of amides is 2. The van der Waals surface area contributed by atoms with E-state index < -0.39 is 5.97 Å². The standard InChI is InChI=1S/C11H20N2O4/c1-3-8(7-17-2)12-11(16)13(6-10(14)15)9-4-5-9/h8-9H,3-7H2,1-2H3,(H,12,16)(H,14,15). The van der Waals surface area contributed by atoms with Crippen LogP contribution in [-0.2, 0) is 9.53 Å². The number of carboxylic acid groups (broad SMARTS) is 1. The Kier molecular flexibility index (Phi) is 5.21. The fraction of sp³-hybridized carbons (Fsp3) is 0.818. The molecule has 1 aliphatic carbocycles. The summed E-state index contributed by atoms with van der Waals surface area (Å²) in [5.74, 6) is -0.980. The van der Waals surface area contributed by atoms with Crippen LogP contribution in [0.5, 0.6) is 0 Å². The summed E-state index contributed by atoms with van der Waals surface area (Å²) in [6.07, 6.45) is 2.54. The third kappa shape index (κ3) is 4.60. The molecule has 0 spiro atoms. The van der Waals surface area contributed by atoms with Crippen molar-refractivity contribution in [2.24, 2.45) is 0 Å². The van der Waals surface area contributed by atoms with E-state index in [2.05, 4.69) is 5.32 Å². The smallest absolute Gasteiger partial charge is 0.323 e. The molecule has 0 heterocycles. The Bertz CT molecular complexity index is 279. The molecular formula is C11H20N2O4. The van der Waals surface area contributed by atoms with E-state index in [1.165, 1.54) is 4.90 Å². The first-order valence-corrected chi connectivity index (χ1v) is 5.86. The lowest BCUT2D eigenvalue weighted by Crippen LogP contribution is -2.48. The third-order valence-electron chi connectivity index (χ3n) is 2.74. The molecular weight excluding hydrogens is 224 g/mol. The van der Waals surface area contributed by atoms with Crippen molar-refractivity contribution in [1.82, 2.24) is 10.2 Å². The van der Waals surface area contributed by atoms with E-state index in [9.17, 15) is 9.59 Å². The molecule has 2 amide bonds. The molecule has 1 unspecified atom stereocenters. The molecule has 0 aromatic rings. The Morgan fingerprint density at radius 3 is 2.59 bits per heavy atom. The van der Waals surface area contributed by atoms with E-state index in [1.807, 2.05) is 6.92 Å². The number of ether oxygens (including phenoxy) is 1. The number of aliphatic carboxylic acids is 1. The van der Waals surface area contributed by atoms with Gasteiger partial charge < -0.3 is 20.1 Å². The van der Waals surface area contributed by atoms with Gasteiger partial charge in [0.05, 0.1) is 12.6 Å². The van der Waals surface area contributed by atoms with Crippen LogP contribution in [0.25, 0.3) is 0 Å². The monoisotopic (exact) mass is 244 g/mol. The molecule has 1 fully saturated rings. The Labute approximate surface area is 101 Å². The van der Waals surface area contributed by atoms with E-state index in [1.54, 1.807) is 7.11 Å². The molecule has 2 N–H and O–H groups in total. The number of hydrogen-bond donors (Lipinski definition) is 2. The molecule has 0 aliphatic heterocycles. The highest BCUT2D eigenvalue weighted by molar-refractivity contribution is 5.80. The fourth-order valence-electron chi connectivity index (χ4n) is 1.62. The average molecular weight is 244 g/mol. The van der Waals surface area contributed by atoms with Gasteiger partial charge in [-0.1, -0.05) is 6.92 Å². The normalized spacial score (nSPS) is 16.4. The van der Waals surface area contributed by atoms with Crippen molar-refractivity contribution in [3.05, 3.63) is 0 Å². The molecule has 0 aromatic heterocycles. The predicted octanol–water partition coefficient (Wildman–Crippen LogP) is 0.670. The van der Waals surface area contributed by atoms with Gasteiger partial charge in [0.15, 0.2) is 0 Å². The first kappa shape index (κ1) is 13.8. The summed E-state index contributed by atoms with van der Waals surface area (Å²) >= 11 is 0. The average Bonchev–Trinajstić information content (AvgIpc) is 3.08. The number of carbonyl (C=O) groups excluding carboxylic acids is 1. The van der Waals surface area contributed by atoms with Gasteiger partial charge >= 0.3 is 12.0 Å². The Morgan fingerprint density at radius 1 is 1.53 bits per heavy atom. The number of carbonyl (C=O) groups is 2. The summed E-state index contributed by atoms with van der Waals surface area (Å²) in [6.45, 7) is 2.15. The third-order valence-corrected chi connectivity index (χ3v) is 2.74. The maximum atomic E-state index is 11.9. The van der Waals surface area contributed by atoms with Crippen molar-refractivity contribution in [2.45, 2.75) is 38.3 Å². The fourth-order valence-corrected chi connectivity index (χ4v) is 1.62. The summed E-state index contributed by atoms with van der Waals surface area (Å²) in [7, 11) is 1.57. The maximum absolute atomic E-state index is 11.9. The van der Waals surface area contributed by atoms with Crippen molar-refractivity contribution in [2.75, 3.05) is 20.3 Å². The zero-order chi connectivity index (χ0) is 12.8. The lowest BCUT2D eigenvalue weighted by atomic mass is 10.2. The van der Waals surface area contributed by atoms with Gasteiger partial charge in [0, 0.05) is 13.2 Å². The topological polar surface area (TPSA) is 78.9 Å². The van der Waals surface area contributed by atoms with Gasteiger partial charge in [-0.25, -0.2) is 4.79 Å². The van der Waals surface area contributed by atoms with E-state index in [0.717, 1.165) is 19.3 Å². The van der Waals surface area contributed by atoms with E-state index in [0.29, 0.717) is 6.61 Å². The van der Waals surface area contributed by atoms with Crippen LogP contribution in [0.4, 0.5) is 4.79 Å². The van der Waals surface area contributed by atoms with Gasteiger partial charge in [-0.2, -0.15) is 0 Å². The largest absolute Gasteiger partial charge is 0.480 e. The summed E-state index contributed by atoms with van der Waals surface area (Å²) in [5, 5.41) is 11.6. The lowest BCUT2D eigenvalue weighted by Gasteiger charge is -2.24. The Morgan fingerprint density at radius 2 is 2.18 bits per heavy atom. The van der Waals surface area contributed by atoms with Crippen LogP contribution in [-0.4, -0.2) is 54.4 Å². The summed E-state index contributed by atoms with van der Waals surface area (Å²) in [6, 6.07) is -0.285. The SMILES string of the molecule is CCC(COC)NC(=O)N(CC(=O)O)C1CC1. The van der Waals surface area contributed by atoms with Crippen LogP contribution in [0.1, 0.15) is 26.2 Å². The second-order valence-electron chi connectivity index (χ2n) is 4.26. The van der Waals surface area contributed by atoms with Crippen LogP contribution in [0.15, 0.2) is 0 Å². The van der Waals surface area contributed by atoms with Crippen molar-refractivity contribution >= 4 is 12.0 Å². The molecule has 1 rings (SSSR count). The molecule has 0 radical (unpaired) electrons. The van der Waals surface area contributed by atoms with Gasteiger partial charge in [0.25, 0.3) is 0 Å². The molecule has 6 nitrogen and oxygen atoms in total. The van der Waals surface area contributed by atoms with Gasteiger partial charge in [0.2, 0.25) is 0 Å². The van der Waals surface area contributed by atoms with Crippen LogP contribution in [0.3, 0.4) is 0 Å². The second-order valence-corrected chi connectivity index (χ2v) is 4.26. The molecule has 0 bridgehead atoms. The Hall–Kier alpha value is -1.30. The van der Waals surface area contributed by atoms with Gasteiger partial charge in [0.1, 0.15) is 6.54 Å². The van der Waals surface area contributed by atoms with E-state index >= 15 is 0 Å². The summed E-state index contributed by atoms with van der Waals surface area (Å²) in [4.78, 5) is 24.0. The zero-order valence-corrected chi connectivity index (χ0v) is 10.3. The number of rotatable bonds is 7. The molecule has 1 aliphatic rings. The molecule has 6 heteroatoms. The lowest BCUT2D eigenvalue weighted by molar-refractivity contribution is -0.137. The number of hydrogen-bond acceptors (Lipinski definition) is 3. The summed E-state index contributed by atoms with van der Waals surface area (Å²) < 4.78 is 4.98. The highest BCUT2D eigenvalue weighted by Crippen LogP contribution is 2.26. The highest BCUT2D eigenvalue weighted by Gasteiger charge is 2.34. The van der Waals surface area contributed by atoms with E-state index in [-0.39, 0.29) is 24.7 Å². The minimum atomic E-state index is -0.980. The molecule has 0 saturated heterocycles. The van der Waals surface area contributed by atoms with Crippen LogP contribution in [0, 0.1) is 0 Å². The summed E-state index contributed by atoms with van der Waals surface area (Å²) in [5.41, 5.74) is 0. The number of urea groups is 1. The number of nitrogens with zero attached hydrogens (tertiary/aromatic N) is 1. The van der Waals surface area contributed by atoms with Gasteiger partial charge in [-0.3, -0.25) is 4.79 Å². The number of nitrogens with one attached hydrogen (secondary N) is 1. The maximum Gasteiger partial charge on any atom is 0.323 e. The predicted molar refractivity (Wildman–Crippen MR) is 61.9 cm³/mol. The highest BCUT2D eigenvalue weighted by atomic mass is 16.5. The second kappa shape index (κ2) is 6.44. The van der Waals surface area contributed by atoms with Crippen molar-refractivity contribution in [1.29, 1.82) is 0 Å². The first-order chi connectivity index (χ1) is 8.08. The molecule has 98 valence electrons. The molecule has 0 aromatic carbocycles. The van der Waals surface area contributed by atoms with Crippen LogP contribution >= 0.6 is 0 Å². The molecule has 1 atom stereocenters. The number of carboxylic acids is 1. The van der Waals surface area contributed by atoms with Crippen molar-refractivity contribution in [3.63, 3.8) is 0 Å². The first-order valence-electron chi connectivity index (χ1n) is 5.86. The molecule has 1 saturated carbocycles.